The van der Waals surface area contributed by atoms with E-state index in [9.17, 15) is 13.2 Å². The van der Waals surface area contributed by atoms with Gasteiger partial charge >= 0.3 is 6.09 Å². The molecular weight excluding hydrogens is 294 g/mol. The number of carbonyl (C=O) groups is 1. The Hall–Kier alpha value is -0.820. The Balaban J connectivity index is 1.95. The summed E-state index contributed by atoms with van der Waals surface area (Å²) in [5, 5.41) is 0. The van der Waals surface area contributed by atoms with E-state index in [4.69, 9.17) is 9.47 Å². The van der Waals surface area contributed by atoms with E-state index in [1.165, 1.54) is 0 Å². The minimum absolute atomic E-state index is 0.0549. The van der Waals surface area contributed by atoms with E-state index in [-0.39, 0.29) is 29.2 Å². The second-order valence-electron chi connectivity index (χ2n) is 7.10. The summed E-state index contributed by atoms with van der Waals surface area (Å²) < 4.78 is 34.3. The van der Waals surface area contributed by atoms with E-state index in [0.29, 0.717) is 25.9 Å². The molecule has 2 rings (SSSR count). The van der Waals surface area contributed by atoms with Gasteiger partial charge in [-0.2, -0.15) is 0 Å². The average molecular weight is 319 g/mol. The lowest BCUT2D eigenvalue weighted by atomic mass is 9.91. The lowest BCUT2D eigenvalue weighted by Gasteiger charge is -2.33. The molecule has 21 heavy (non-hydrogen) atoms. The van der Waals surface area contributed by atoms with Gasteiger partial charge in [-0.1, -0.05) is 0 Å². The smallest absolute Gasteiger partial charge is 0.410 e. The summed E-state index contributed by atoms with van der Waals surface area (Å²) >= 11 is 0. The van der Waals surface area contributed by atoms with Crippen LogP contribution in [0.25, 0.3) is 0 Å². The van der Waals surface area contributed by atoms with Crippen LogP contribution in [0.3, 0.4) is 0 Å². The molecule has 0 aromatic carbocycles. The summed E-state index contributed by atoms with van der Waals surface area (Å²) in [6.07, 6.45) is 1.36. The fourth-order valence-corrected chi connectivity index (χ4v) is 4.38. The third-order valence-corrected chi connectivity index (χ3v) is 5.81. The number of nitrogens with zero attached hydrogens (tertiary/aromatic N) is 1. The summed E-state index contributed by atoms with van der Waals surface area (Å²) in [5.41, 5.74) is -0.909. The molecule has 2 saturated heterocycles. The first kappa shape index (κ1) is 16.5. The molecule has 0 saturated carbocycles. The molecule has 1 amide bonds. The molecule has 0 aromatic heterocycles. The molecule has 7 heteroatoms. The average Bonchev–Trinajstić information content (AvgIpc) is 2.75. The highest BCUT2D eigenvalue weighted by Gasteiger charge is 2.46. The van der Waals surface area contributed by atoms with Crippen molar-refractivity contribution >= 4 is 15.9 Å². The molecule has 2 heterocycles. The van der Waals surface area contributed by atoms with Crippen molar-refractivity contribution in [2.75, 3.05) is 25.2 Å². The lowest BCUT2D eigenvalue weighted by Crippen LogP contribution is -2.43. The number of rotatable bonds is 1. The first-order chi connectivity index (χ1) is 9.52. The van der Waals surface area contributed by atoms with Crippen molar-refractivity contribution in [3.8, 4) is 0 Å². The van der Waals surface area contributed by atoms with Crippen LogP contribution in [0.2, 0.25) is 0 Å². The number of hydrogen-bond acceptors (Lipinski definition) is 5. The molecule has 0 aliphatic carbocycles. The molecule has 2 aliphatic rings. The zero-order valence-corrected chi connectivity index (χ0v) is 14.0. The van der Waals surface area contributed by atoms with E-state index in [1.54, 1.807) is 11.9 Å². The molecule has 0 unspecified atom stereocenters. The minimum Gasteiger partial charge on any atom is -0.444 e. The first-order valence-electron chi connectivity index (χ1n) is 7.32. The van der Waals surface area contributed by atoms with Crippen LogP contribution in [0, 0.1) is 0 Å². The number of hydrogen-bond donors (Lipinski definition) is 0. The summed E-state index contributed by atoms with van der Waals surface area (Å²) in [6.45, 7) is 5.93. The van der Waals surface area contributed by atoms with E-state index in [1.807, 2.05) is 20.8 Å². The van der Waals surface area contributed by atoms with Gasteiger partial charge in [0.15, 0.2) is 9.84 Å². The highest BCUT2D eigenvalue weighted by Crippen LogP contribution is 2.38. The van der Waals surface area contributed by atoms with Crippen molar-refractivity contribution < 1.29 is 22.7 Å². The summed E-state index contributed by atoms with van der Waals surface area (Å²) in [7, 11) is -1.20. The SMILES string of the molecule is CN(C(=O)OC(C)(C)C)[C@@H]1COC2(CCS(=O)(=O)CC2)C1. The van der Waals surface area contributed by atoms with Crippen LogP contribution in [0.1, 0.15) is 40.0 Å². The molecular formula is C14H25NO5S. The lowest BCUT2D eigenvalue weighted by molar-refractivity contribution is -0.00626. The van der Waals surface area contributed by atoms with Crippen LogP contribution in [0.4, 0.5) is 4.79 Å². The third kappa shape index (κ3) is 4.10. The molecule has 2 fully saturated rings. The maximum absolute atomic E-state index is 12.1. The van der Waals surface area contributed by atoms with Gasteiger partial charge in [0.25, 0.3) is 0 Å². The Bertz CT molecular complexity index is 494. The normalized spacial score (nSPS) is 27.5. The van der Waals surface area contributed by atoms with E-state index >= 15 is 0 Å². The maximum Gasteiger partial charge on any atom is 0.410 e. The quantitative estimate of drug-likeness (QED) is 0.734. The molecule has 0 radical (unpaired) electrons. The summed E-state index contributed by atoms with van der Waals surface area (Å²) in [4.78, 5) is 13.6. The molecule has 1 spiro atoms. The first-order valence-corrected chi connectivity index (χ1v) is 9.14. The van der Waals surface area contributed by atoms with Gasteiger partial charge in [-0.3, -0.25) is 0 Å². The Morgan fingerprint density at radius 1 is 1.29 bits per heavy atom. The molecule has 2 aliphatic heterocycles. The van der Waals surface area contributed by atoms with Crippen LogP contribution < -0.4 is 0 Å². The number of ether oxygens (including phenoxy) is 2. The number of sulfone groups is 1. The minimum atomic E-state index is -2.91. The fourth-order valence-electron chi connectivity index (χ4n) is 2.81. The molecule has 0 aromatic rings. The van der Waals surface area contributed by atoms with Crippen molar-refractivity contribution in [2.24, 2.45) is 0 Å². The van der Waals surface area contributed by atoms with Gasteiger partial charge in [0, 0.05) is 7.05 Å². The summed E-state index contributed by atoms with van der Waals surface area (Å²) in [5.74, 6) is 0.353. The number of carbonyl (C=O) groups excluding carboxylic acids is 1. The Morgan fingerprint density at radius 3 is 2.38 bits per heavy atom. The van der Waals surface area contributed by atoms with Gasteiger partial charge in [-0.05, 0) is 40.0 Å². The van der Waals surface area contributed by atoms with Gasteiger partial charge < -0.3 is 14.4 Å². The van der Waals surface area contributed by atoms with Crippen LogP contribution in [0.15, 0.2) is 0 Å². The Kier molecular flexibility index (Phi) is 4.28. The summed E-state index contributed by atoms with van der Waals surface area (Å²) in [6, 6.07) is -0.0549. The van der Waals surface area contributed by atoms with Gasteiger partial charge in [0.2, 0.25) is 0 Å². The largest absolute Gasteiger partial charge is 0.444 e. The van der Waals surface area contributed by atoms with Crippen molar-refractivity contribution in [2.45, 2.75) is 57.3 Å². The maximum atomic E-state index is 12.1. The molecule has 1 atom stereocenters. The van der Waals surface area contributed by atoms with E-state index < -0.39 is 15.4 Å². The second kappa shape index (κ2) is 5.43. The van der Waals surface area contributed by atoms with Crippen molar-refractivity contribution in [1.29, 1.82) is 0 Å². The predicted octanol–water partition coefficient (Wildman–Crippen LogP) is 1.59. The molecule has 6 nitrogen and oxygen atoms in total. The zero-order valence-electron chi connectivity index (χ0n) is 13.2. The highest BCUT2D eigenvalue weighted by atomic mass is 32.2. The van der Waals surface area contributed by atoms with Crippen LogP contribution in [-0.4, -0.2) is 61.8 Å². The Morgan fingerprint density at radius 2 is 1.86 bits per heavy atom. The van der Waals surface area contributed by atoms with Gasteiger partial charge in [-0.15, -0.1) is 0 Å². The molecule has 0 bridgehead atoms. The number of likely N-dealkylation sites (N-methyl/N-ethyl adjacent to an activating group) is 1. The third-order valence-electron chi connectivity index (χ3n) is 4.16. The van der Waals surface area contributed by atoms with E-state index in [2.05, 4.69) is 0 Å². The second-order valence-corrected chi connectivity index (χ2v) is 9.40. The predicted molar refractivity (Wildman–Crippen MR) is 79.0 cm³/mol. The van der Waals surface area contributed by atoms with Crippen LogP contribution in [-0.2, 0) is 19.3 Å². The highest BCUT2D eigenvalue weighted by molar-refractivity contribution is 7.91. The van der Waals surface area contributed by atoms with Crippen LogP contribution >= 0.6 is 0 Å². The van der Waals surface area contributed by atoms with Gasteiger partial charge in [0.05, 0.1) is 29.8 Å². The monoisotopic (exact) mass is 319 g/mol. The van der Waals surface area contributed by atoms with Crippen molar-refractivity contribution in [3.05, 3.63) is 0 Å². The zero-order chi connectivity index (χ0) is 15.9. The number of amides is 1. The topological polar surface area (TPSA) is 72.9 Å². The Labute approximate surface area is 126 Å². The fraction of sp³-hybridized carbons (Fsp3) is 0.929. The van der Waals surface area contributed by atoms with Gasteiger partial charge in [0.1, 0.15) is 5.60 Å². The standard InChI is InChI=1S/C14H25NO5S/c1-13(2,3)20-12(16)15(4)11-9-14(19-10-11)5-7-21(17,18)8-6-14/h11H,5-10H2,1-4H3/t11-/m0/s1. The molecule has 122 valence electrons. The van der Waals surface area contributed by atoms with Crippen molar-refractivity contribution in [3.63, 3.8) is 0 Å². The van der Waals surface area contributed by atoms with Crippen LogP contribution in [0.5, 0.6) is 0 Å². The molecule has 0 N–H and O–H groups in total. The van der Waals surface area contributed by atoms with Gasteiger partial charge in [-0.25, -0.2) is 13.2 Å². The van der Waals surface area contributed by atoms with E-state index in [0.717, 1.165) is 0 Å². The van der Waals surface area contributed by atoms with Crippen molar-refractivity contribution in [1.82, 2.24) is 4.90 Å².